The molecule has 2 amide bonds. The average Bonchev–Trinajstić information content (AvgIpc) is 3.03. The number of nitrogens with two attached hydrogens (primary N) is 2. The maximum Gasteiger partial charge on any atom is 0.261 e. The van der Waals surface area contributed by atoms with E-state index in [0.29, 0.717) is 22.4 Å². The summed E-state index contributed by atoms with van der Waals surface area (Å²) >= 11 is 0. The molecule has 3 aromatic carbocycles. The van der Waals surface area contributed by atoms with Gasteiger partial charge in [0.05, 0.1) is 22.6 Å². The van der Waals surface area contributed by atoms with Crippen LogP contribution in [-0.4, -0.2) is 44.1 Å². The first-order chi connectivity index (χ1) is 15.7. The quantitative estimate of drug-likeness (QED) is 0.276. The number of carbonyl (C=O) groups excluding carboxylic acids is 2. The van der Waals surface area contributed by atoms with Crippen molar-refractivity contribution in [3.8, 4) is 16.9 Å². The Balaban J connectivity index is 1.54. The number of nitrogens with zero attached hydrogens (tertiary/aromatic N) is 1. The van der Waals surface area contributed by atoms with Crippen LogP contribution in [0, 0.1) is 5.41 Å². The lowest BCUT2D eigenvalue weighted by Gasteiger charge is -2.14. The van der Waals surface area contributed by atoms with Gasteiger partial charge in [0.25, 0.3) is 11.8 Å². The fraction of sp³-hybridized carbons (Fsp3) is 0.0870. The SMILES string of the molecule is N=C(N)c1cccc(OCCN2C(=O)c3ccc(-c4ccccc4S(N)(=O)=O)cc3C2=O)c1. The van der Waals surface area contributed by atoms with Gasteiger partial charge >= 0.3 is 0 Å². The van der Waals surface area contributed by atoms with Gasteiger partial charge in [0.2, 0.25) is 10.0 Å². The predicted octanol–water partition coefficient (Wildman–Crippen LogP) is 1.96. The van der Waals surface area contributed by atoms with Gasteiger partial charge < -0.3 is 10.5 Å². The number of primary sulfonamides is 1. The Morgan fingerprint density at radius 2 is 1.64 bits per heavy atom. The van der Waals surface area contributed by atoms with Crippen molar-refractivity contribution >= 4 is 27.7 Å². The van der Waals surface area contributed by atoms with Gasteiger partial charge in [0.1, 0.15) is 18.2 Å². The highest BCUT2D eigenvalue weighted by Crippen LogP contribution is 2.31. The molecule has 0 spiro atoms. The first-order valence-electron chi connectivity index (χ1n) is 9.86. The zero-order valence-electron chi connectivity index (χ0n) is 17.3. The molecular formula is C23H20N4O5S. The number of amidine groups is 1. The lowest BCUT2D eigenvalue weighted by molar-refractivity contribution is 0.0631. The van der Waals surface area contributed by atoms with Gasteiger partial charge in [0, 0.05) is 11.1 Å². The van der Waals surface area contributed by atoms with Crippen LogP contribution in [0.25, 0.3) is 11.1 Å². The maximum absolute atomic E-state index is 12.9. The van der Waals surface area contributed by atoms with E-state index >= 15 is 0 Å². The summed E-state index contributed by atoms with van der Waals surface area (Å²) in [6.45, 7) is 0.0632. The van der Waals surface area contributed by atoms with Crippen molar-refractivity contribution in [3.63, 3.8) is 0 Å². The number of amides is 2. The molecule has 0 fully saturated rings. The lowest BCUT2D eigenvalue weighted by Crippen LogP contribution is -2.33. The number of nitrogen functional groups attached to an aromatic ring is 1. The number of ether oxygens (including phenoxy) is 1. The Labute approximate surface area is 190 Å². The summed E-state index contributed by atoms with van der Waals surface area (Å²) in [5.74, 6) is -0.588. The molecule has 10 heteroatoms. The van der Waals surface area contributed by atoms with Gasteiger partial charge in [-0.05, 0) is 35.9 Å². The van der Waals surface area contributed by atoms with Crippen molar-refractivity contribution in [2.75, 3.05) is 13.2 Å². The number of imide groups is 1. The summed E-state index contributed by atoms with van der Waals surface area (Å²) in [6.07, 6.45) is 0. The number of carbonyl (C=O) groups is 2. The van der Waals surface area contributed by atoms with Crippen LogP contribution in [0.2, 0.25) is 0 Å². The fourth-order valence-corrected chi connectivity index (χ4v) is 4.38. The lowest BCUT2D eigenvalue weighted by atomic mass is 10.0. The Morgan fingerprint density at radius 3 is 2.36 bits per heavy atom. The average molecular weight is 465 g/mol. The molecule has 0 atom stereocenters. The molecule has 4 rings (SSSR count). The summed E-state index contributed by atoms with van der Waals surface area (Å²) in [5.41, 5.74) is 7.19. The van der Waals surface area contributed by atoms with Crippen molar-refractivity contribution < 1.29 is 22.7 Å². The molecule has 33 heavy (non-hydrogen) atoms. The van der Waals surface area contributed by atoms with E-state index in [0.717, 1.165) is 4.90 Å². The normalized spacial score (nSPS) is 13.2. The molecule has 3 aromatic rings. The van der Waals surface area contributed by atoms with Gasteiger partial charge in [-0.15, -0.1) is 0 Å². The van der Waals surface area contributed by atoms with E-state index in [1.54, 1.807) is 48.5 Å². The minimum absolute atomic E-state index is 0.0136. The minimum Gasteiger partial charge on any atom is -0.492 e. The summed E-state index contributed by atoms with van der Waals surface area (Å²) in [4.78, 5) is 26.7. The number of hydrogen-bond donors (Lipinski definition) is 3. The number of sulfonamides is 1. The third-order valence-electron chi connectivity index (χ3n) is 5.20. The molecule has 0 aromatic heterocycles. The number of fused-ring (bicyclic) bond motifs is 1. The van der Waals surface area contributed by atoms with Crippen LogP contribution >= 0.6 is 0 Å². The smallest absolute Gasteiger partial charge is 0.261 e. The van der Waals surface area contributed by atoms with Gasteiger partial charge in [-0.1, -0.05) is 36.4 Å². The van der Waals surface area contributed by atoms with Gasteiger partial charge in [0.15, 0.2) is 0 Å². The Kier molecular flexibility index (Phi) is 5.71. The molecule has 5 N–H and O–H groups in total. The van der Waals surface area contributed by atoms with Crippen molar-refractivity contribution in [3.05, 3.63) is 83.4 Å². The van der Waals surface area contributed by atoms with Gasteiger partial charge in [-0.3, -0.25) is 19.9 Å². The topological polar surface area (TPSA) is 157 Å². The van der Waals surface area contributed by atoms with E-state index in [9.17, 15) is 18.0 Å². The molecule has 0 unspecified atom stereocenters. The van der Waals surface area contributed by atoms with Crippen molar-refractivity contribution in [1.82, 2.24) is 4.90 Å². The molecule has 1 aliphatic rings. The summed E-state index contributed by atoms with van der Waals surface area (Å²) in [6, 6.07) is 17.4. The second-order valence-corrected chi connectivity index (χ2v) is 8.88. The van der Waals surface area contributed by atoms with E-state index in [1.807, 2.05) is 0 Å². The molecule has 0 saturated heterocycles. The molecule has 9 nitrogen and oxygen atoms in total. The van der Waals surface area contributed by atoms with Crippen LogP contribution < -0.4 is 15.6 Å². The molecule has 168 valence electrons. The Bertz CT molecular complexity index is 1400. The van der Waals surface area contributed by atoms with Crippen LogP contribution in [0.5, 0.6) is 5.75 Å². The number of hydrogen-bond acceptors (Lipinski definition) is 6. The first-order valence-corrected chi connectivity index (χ1v) is 11.4. The number of benzene rings is 3. The van der Waals surface area contributed by atoms with Crippen LogP contribution in [0.1, 0.15) is 26.3 Å². The highest BCUT2D eigenvalue weighted by Gasteiger charge is 2.35. The van der Waals surface area contributed by atoms with E-state index in [1.165, 1.54) is 18.2 Å². The molecule has 0 bridgehead atoms. The van der Waals surface area contributed by atoms with E-state index in [-0.39, 0.29) is 35.0 Å². The van der Waals surface area contributed by atoms with E-state index in [2.05, 4.69) is 0 Å². The van der Waals surface area contributed by atoms with Crippen molar-refractivity contribution in [2.45, 2.75) is 4.90 Å². The third kappa shape index (κ3) is 4.34. The van der Waals surface area contributed by atoms with Crippen LogP contribution in [-0.2, 0) is 10.0 Å². The summed E-state index contributed by atoms with van der Waals surface area (Å²) < 4.78 is 29.5. The molecule has 0 aliphatic carbocycles. The zero-order valence-corrected chi connectivity index (χ0v) is 18.1. The summed E-state index contributed by atoms with van der Waals surface area (Å²) in [7, 11) is -3.98. The minimum atomic E-state index is -3.98. The highest BCUT2D eigenvalue weighted by atomic mass is 32.2. The van der Waals surface area contributed by atoms with Crippen molar-refractivity contribution in [2.24, 2.45) is 10.9 Å². The standard InChI is InChI=1S/C23H20N4O5S/c24-21(25)15-4-3-5-16(12-15)32-11-10-27-22(28)18-9-8-14(13-19(18)23(27)29)17-6-1-2-7-20(17)33(26,30)31/h1-9,12-13H,10-11H2,(H3,24,25)(H2,26,30,31). The van der Waals surface area contributed by atoms with Gasteiger partial charge in [-0.25, -0.2) is 13.6 Å². The largest absolute Gasteiger partial charge is 0.492 e. The maximum atomic E-state index is 12.9. The second-order valence-electron chi connectivity index (χ2n) is 7.35. The predicted molar refractivity (Wildman–Crippen MR) is 122 cm³/mol. The molecule has 1 aliphatic heterocycles. The molecule has 1 heterocycles. The van der Waals surface area contributed by atoms with Crippen molar-refractivity contribution in [1.29, 1.82) is 5.41 Å². The number of rotatable bonds is 7. The van der Waals surface area contributed by atoms with E-state index < -0.39 is 21.8 Å². The highest BCUT2D eigenvalue weighted by molar-refractivity contribution is 7.89. The number of nitrogens with one attached hydrogen (secondary N) is 1. The summed E-state index contributed by atoms with van der Waals surface area (Å²) in [5, 5.41) is 12.8. The molecular weight excluding hydrogens is 444 g/mol. The van der Waals surface area contributed by atoms with Crippen LogP contribution in [0.4, 0.5) is 0 Å². The first kappa shape index (κ1) is 22.2. The third-order valence-corrected chi connectivity index (χ3v) is 6.17. The Hall–Kier alpha value is -4.02. The van der Waals surface area contributed by atoms with Gasteiger partial charge in [-0.2, -0.15) is 0 Å². The van der Waals surface area contributed by atoms with Crippen LogP contribution in [0.15, 0.2) is 71.6 Å². The van der Waals surface area contributed by atoms with Crippen LogP contribution in [0.3, 0.4) is 0 Å². The zero-order chi connectivity index (χ0) is 23.8. The van der Waals surface area contributed by atoms with E-state index in [4.69, 9.17) is 21.0 Å². The second kappa shape index (κ2) is 8.49. The monoisotopic (exact) mass is 464 g/mol. The molecule has 0 radical (unpaired) electrons. The molecule has 0 saturated carbocycles. The fourth-order valence-electron chi connectivity index (χ4n) is 3.62. The Morgan fingerprint density at radius 1 is 0.909 bits per heavy atom.